The third-order valence-corrected chi connectivity index (χ3v) is 4.18. The smallest absolute Gasteiger partial charge is 0.162 e. The number of benzene rings is 2. The molecule has 0 saturated carbocycles. The molecule has 7 heteroatoms. The highest BCUT2D eigenvalue weighted by Gasteiger charge is 2.09. The molecule has 2 rings (SSSR count). The summed E-state index contributed by atoms with van der Waals surface area (Å²) in [4.78, 5) is 0. The van der Waals surface area contributed by atoms with Crippen molar-refractivity contribution in [2.45, 2.75) is 6.54 Å². The standard InChI is InChI=1S/C17H18Cl3NO3/c1-22-16-7-11(13(19)9-17(16)23-2)10-21-5-6-24-15-4-3-12(18)8-14(15)20/h3-4,7-9,21H,5-6,10H2,1-2H3. The van der Waals surface area contributed by atoms with E-state index in [0.29, 0.717) is 52.0 Å². The summed E-state index contributed by atoms with van der Waals surface area (Å²) in [6.45, 7) is 1.67. The van der Waals surface area contributed by atoms with Crippen LogP contribution in [0.3, 0.4) is 0 Å². The Morgan fingerprint density at radius 3 is 2.25 bits per heavy atom. The fourth-order valence-corrected chi connectivity index (χ4v) is 2.76. The van der Waals surface area contributed by atoms with Gasteiger partial charge in [0.05, 0.1) is 19.2 Å². The summed E-state index contributed by atoms with van der Waals surface area (Å²) in [6, 6.07) is 8.72. The van der Waals surface area contributed by atoms with Crippen LogP contribution in [0.5, 0.6) is 17.2 Å². The molecule has 0 aliphatic carbocycles. The van der Waals surface area contributed by atoms with Gasteiger partial charge in [-0.2, -0.15) is 0 Å². The van der Waals surface area contributed by atoms with Crippen molar-refractivity contribution < 1.29 is 14.2 Å². The van der Waals surface area contributed by atoms with E-state index < -0.39 is 0 Å². The zero-order chi connectivity index (χ0) is 17.5. The molecule has 130 valence electrons. The Hall–Kier alpha value is -1.33. The number of hydrogen-bond donors (Lipinski definition) is 1. The average Bonchev–Trinajstić information content (AvgIpc) is 2.57. The molecule has 0 radical (unpaired) electrons. The molecule has 0 unspecified atom stereocenters. The highest BCUT2D eigenvalue weighted by Crippen LogP contribution is 2.33. The van der Waals surface area contributed by atoms with Gasteiger partial charge >= 0.3 is 0 Å². The minimum absolute atomic E-state index is 0.465. The predicted molar refractivity (Wildman–Crippen MR) is 98.2 cm³/mol. The lowest BCUT2D eigenvalue weighted by Crippen LogP contribution is -2.21. The fourth-order valence-electron chi connectivity index (χ4n) is 2.08. The molecule has 0 aromatic heterocycles. The molecule has 2 aromatic rings. The lowest BCUT2D eigenvalue weighted by molar-refractivity contribution is 0.313. The van der Waals surface area contributed by atoms with Gasteiger partial charge in [-0.1, -0.05) is 34.8 Å². The Balaban J connectivity index is 1.84. The summed E-state index contributed by atoms with van der Waals surface area (Å²) in [6.07, 6.45) is 0. The largest absolute Gasteiger partial charge is 0.493 e. The number of ether oxygens (including phenoxy) is 3. The predicted octanol–water partition coefficient (Wildman–Crippen LogP) is 4.83. The molecule has 0 bridgehead atoms. The van der Waals surface area contributed by atoms with Crippen molar-refractivity contribution in [3.63, 3.8) is 0 Å². The SMILES string of the molecule is COc1cc(Cl)c(CNCCOc2ccc(Cl)cc2Cl)cc1OC. The summed E-state index contributed by atoms with van der Waals surface area (Å²) in [5, 5.41) is 4.94. The summed E-state index contributed by atoms with van der Waals surface area (Å²) >= 11 is 18.1. The first-order valence-electron chi connectivity index (χ1n) is 7.24. The summed E-state index contributed by atoms with van der Waals surface area (Å²) in [7, 11) is 3.16. The van der Waals surface area contributed by atoms with E-state index in [2.05, 4.69) is 5.32 Å². The molecule has 0 fully saturated rings. The molecule has 1 N–H and O–H groups in total. The molecular weight excluding hydrogens is 373 g/mol. The molecule has 4 nitrogen and oxygen atoms in total. The first-order valence-corrected chi connectivity index (χ1v) is 8.37. The van der Waals surface area contributed by atoms with E-state index in [0.717, 1.165) is 5.56 Å². The molecule has 0 amide bonds. The van der Waals surface area contributed by atoms with Gasteiger partial charge in [-0.15, -0.1) is 0 Å². The molecule has 0 aliphatic heterocycles. The second-order valence-electron chi connectivity index (χ2n) is 4.90. The maximum absolute atomic E-state index is 6.24. The van der Waals surface area contributed by atoms with E-state index in [1.54, 1.807) is 38.5 Å². The fraction of sp³-hybridized carbons (Fsp3) is 0.294. The molecule has 0 saturated heterocycles. The zero-order valence-electron chi connectivity index (χ0n) is 13.4. The van der Waals surface area contributed by atoms with Crippen LogP contribution in [0.25, 0.3) is 0 Å². The van der Waals surface area contributed by atoms with Gasteiger partial charge < -0.3 is 19.5 Å². The van der Waals surface area contributed by atoms with Crippen LogP contribution in [-0.4, -0.2) is 27.4 Å². The Labute approximate surface area is 156 Å². The molecular formula is C17H18Cl3NO3. The number of nitrogens with one attached hydrogen (secondary N) is 1. The van der Waals surface area contributed by atoms with Crippen molar-refractivity contribution >= 4 is 34.8 Å². The number of hydrogen-bond acceptors (Lipinski definition) is 4. The van der Waals surface area contributed by atoms with Crippen LogP contribution in [0.15, 0.2) is 30.3 Å². The number of halogens is 3. The van der Waals surface area contributed by atoms with E-state index >= 15 is 0 Å². The maximum Gasteiger partial charge on any atom is 0.162 e. The highest BCUT2D eigenvalue weighted by atomic mass is 35.5. The van der Waals surface area contributed by atoms with Crippen molar-refractivity contribution in [3.05, 3.63) is 51.0 Å². The van der Waals surface area contributed by atoms with Gasteiger partial charge in [0, 0.05) is 29.2 Å². The zero-order valence-corrected chi connectivity index (χ0v) is 15.6. The topological polar surface area (TPSA) is 39.7 Å². The third kappa shape index (κ3) is 5.08. The Morgan fingerprint density at radius 1 is 0.875 bits per heavy atom. The van der Waals surface area contributed by atoms with Gasteiger partial charge in [-0.3, -0.25) is 0 Å². The molecule has 24 heavy (non-hydrogen) atoms. The molecule has 0 spiro atoms. The monoisotopic (exact) mass is 389 g/mol. The quantitative estimate of drug-likeness (QED) is 0.655. The second kappa shape index (κ2) is 9.23. The van der Waals surface area contributed by atoms with Gasteiger partial charge in [0.1, 0.15) is 12.4 Å². The lowest BCUT2D eigenvalue weighted by atomic mass is 10.2. The van der Waals surface area contributed by atoms with Gasteiger partial charge in [0.25, 0.3) is 0 Å². The molecule has 0 heterocycles. The van der Waals surface area contributed by atoms with Crippen molar-refractivity contribution in [3.8, 4) is 17.2 Å². The Kier molecular flexibility index (Phi) is 7.31. The van der Waals surface area contributed by atoms with E-state index in [9.17, 15) is 0 Å². The minimum Gasteiger partial charge on any atom is -0.493 e. The average molecular weight is 391 g/mol. The first kappa shape index (κ1) is 19.0. The van der Waals surface area contributed by atoms with Gasteiger partial charge in [0.15, 0.2) is 11.5 Å². The second-order valence-corrected chi connectivity index (χ2v) is 6.15. The van der Waals surface area contributed by atoms with E-state index in [4.69, 9.17) is 49.0 Å². The van der Waals surface area contributed by atoms with Crippen LogP contribution in [0, 0.1) is 0 Å². The van der Waals surface area contributed by atoms with E-state index in [1.807, 2.05) is 6.07 Å². The summed E-state index contributed by atoms with van der Waals surface area (Å²) in [5.41, 5.74) is 0.916. The van der Waals surface area contributed by atoms with Crippen molar-refractivity contribution in [1.29, 1.82) is 0 Å². The summed E-state index contributed by atoms with van der Waals surface area (Å²) < 4.78 is 16.1. The lowest BCUT2D eigenvalue weighted by Gasteiger charge is -2.13. The van der Waals surface area contributed by atoms with Gasteiger partial charge in [-0.25, -0.2) is 0 Å². The molecule has 0 aliphatic rings. The van der Waals surface area contributed by atoms with Gasteiger partial charge in [0.2, 0.25) is 0 Å². The first-order chi connectivity index (χ1) is 11.5. The Bertz CT molecular complexity index is 695. The Morgan fingerprint density at radius 2 is 1.58 bits per heavy atom. The molecule has 0 atom stereocenters. The van der Waals surface area contributed by atoms with Crippen LogP contribution in [0.4, 0.5) is 0 Å². The van der Waals surface area contributed by atoms with Crippen LogP contribution >= 0.6 is 34.8 Å². The van der Waals surface area contributed by atoms with E-state index in [-0.39, 0.29) is 0 Å². The van der Waals surface area contributed by atoms with Crippen LogP contribution in [0.2, 0.25) is 15.1 Å². The summed E-state index contributed by atoms with van der Waals surface area (Å²) in [5.74, 6) is 1.85. The van der Waals surface area contributed by atoms with Crippen molar-refractivity contribution in [2.24, 2.45) is 0 Å². The van der Waals surface area contributed by atoms with Crippen molar-refractivity contribution in [1.82, 2.24) is 5.32 Å². The highest BCUT2D eigenvalue weighted by molar-refractivity contribution is 6.35. The van der Waals surface area contributed by atoms with Gasteiger partial charge in [-0.05, 0) is 29.8 Å². The minimum atomic E-state index is 0.465. The van der Waals surface area contributed by atoms with Crippen molar-refractivity contribution in [2.75, 3.05) is 27.4 Å². The number of methoxy groups -OCH3 is 2. The third-order valence-electron chi connectivity index (χ3n) is 3.30. The van der Waals surface area contributed by atoms with Crippen LogP contribution < -0.4 is 19.5 Å². The van der Waals surface area contributed by atoms with Crippen LogP contribution in [-0.2, 0) is 6.54 Å². The normalized spacial score (nSPS) is 10.5. The van der Waals surface area contributed by atoms with E-state index in [1.165, 1.54) is 0 Å². The van der Waals surface area contributed by atoms with Crippen LogP contribution in [0.1, 0.15) is 5.56 Å². The number of rotatable bonds is 8. The maximum atomic E-state index is 6.24. The molecule has 2 aromatic carbocycles.